The van der Waals surface area contributed by atoms with E-state index in [4.69, 9.17) is 22.8 Å². The van der Waals surface area contributed by atoms with Crippen molar-refractivity contribution in [1.29, 1.82) is 0 Å². The number of nitrogens with two attached hydrogens (primary N) is 1. The molecular weight excluding hydrogens is 388 g/mol. The Bertz CT molecular complexity index is 974. The van der Waals surface area contributed by atoms with E-state index < -0.39 is 42.8 Å². The van der Waals surface area contributed by atoms with E-state index >= 15 is 0 Å². The Hall–Kier alpha value is -2.41. The van der Waals surface area contributed by atoms with Crippen LogP contribution in [-0.2, 0) is 4.74 Å². The zero-order valence-electron chi connectivity index (χ0n) is 14.6. The maximum atomic E-state index is 12.4. The highest BCUT2D eigenvalue weighted by Gasteiger charge is 2.45. The lowest BCUT2D eigenvalue weighted by molar-refractivity contribution is -0.254. The minimum atomic E-state index is -1.62. The Balaban J connectivity index is 2.04. The van der Waals surface area contributed by atoms with Gasteiger partial charge in [0.2, 0.25) is 4.77 Å². The van der Waals surface area contributed by atoms with Gasteiger partial charge in [-0.25, -0.2) is 4.68 Å². The highest BCUT2D eigenvalue weighted by molar-refractivity contribution is 7.71. The molecule has 28 heavy (non-hydrogen) atoms. The van der Waals surface area contributed by atoms with Crippen LogP contribution >= 0.6 is 12.2 Å². The molecule has 1 aromatic carbocycles. The first-order valence-electron chi connectivity index (χ1n) is 8.39. The third kappa shape index (κ3) is 3.76. The van der Waals surface area contributed by atoms with Crippen LogP contribution in [0.15, 0.2) is 35.1 Å². The van der Waals surface area contributed by atoms with E-state index in [1.807, 2.05) is 30.3 Å². The zero-order valence-corrected chi connectivity index (χ0v) is 15.4. The summed E-state index contributed by atoms with van der Waals surface area (Å²) in [4.78, 5) is 12.4. The van der Waals surface area contributed by atoms with Gasteiger partial charge in [0, 0.05) is 0 Å². The number of nitrogen functional groups attached to an aromatic ring is 1. The van der Waals surface area contributed by atoms with E-state index in [0.29, 0.717) is 4.68 Å². The molecule has 0 bridgehead atoms. The summed E-state index contributed by atoms with van der Waals surface area (Å²) < 4.78 is 6.79. The van der Waals surface area contributed by atoms with Crippen LogP contribution in [0.1, 0.15) is 17.5 Å². The molecule has 2 heterocycles. The van der Waals surface area contributed by atoms with E-state index in [9.17, 15) is 25.2 Å². The van der Waals surface area contributed by atoms with Crippen LogP contribution in [0, 0.1) is 4.77 Å². The van der Waals surface area contributed by atoms with Crippen LogP contribution in [0.25, 0.3) is 12.2 Å². The van der Waals surface area contributed by atoms with Crippen molar-refractivity contribution in [1.82, 2.24) is 14.5 Å². The Labute approximate surface area is 164 Å². The van der Waals surface area contributed by atoms with E-state index in [-0.39, 0.29) is 10.5 Å². The number of benzene rings is 1. The average Bonchev–Trinajstić information content (AvgIpc) is 2.71. The number of rotatable bonds is 4. The number of nitrogens with zero attached hydrogens (tertiary/aromatic N) is 3. The monoisotopic (exact) mass is 408 g/mol. The number of ether oxygens (including phenoxy) is 1. The van der Waals surface area contributed by atoms with Crippen LogP contribution in [0.2, 0.25) is 0 Å². The number of hydrogen-bond acceptors (Lipinski definition) is 9. The Morgan fingerprint density at radius 1 is 1.14 bits per heavy atom. The molecule has 150 valence electrons. The number of aromatic nitrogens is 3. The third-order valence-corrected chi connectivity index (χ3v) is 4.78. The minimum Gasteiger partial charge on any atom is -0.394 e. The van der Waals surface area contributed by atoms with Crippen molar-refractivity contribution in [3.63, 3.8) is 0 Å². The lowest BCUT2D eigenvalue weighted by Crippen LogP contribution is -2.57. The molecule has 2 aromatic rings. The van der Waals surface area contributed by atoms with Gasteiger partial charge >= 0.3 is 0 Å². The van der Waals surface area contributed by atoms with Crippen molar-refractivity contribution >= 4 is 24.4 Å². The molecule has 0 saturated carbocycles. The SMILES string of the molecule is Nn1c(=O)c(/C=C/c2ccccc2)nn([C@@H]2O[C@H](CO)[C@@H](O)[C@H](O)[C@H]2O)c1=S. The van der Waals surface area contributed by atoms with Gasteiger partial charge in [0.25, 0.3) is 5.56 Å². The maximum Gasteiger partial charge on any atom is 0.298 e. The van der Waals surface area contributed by atoms with Gasteiger partial charge < -0.3 is 31.0 Å². The molecule has 0 spiro atoms. The van der Waals surface area contributed by atoms with Gasteiger partial charge in [-0.05, 0) is 23.9 Å². The molecule has 0 aliphatic carbocycles. The second-order valence-electron chi connectivity index (χ2n) is 6.25. The van der Waals surface area contributed by atoms with Crippen LogP contribution < -0.4 is 11.4 Å². The molecule has 1 saturated heterocycles. The first kappa shape index (κ1) is 20.3. The van der Waals surface area contributed by atoms with Crippen molar-refractivity contribution < 1.29 is 25.2 Å². The van der Waals surface area contributed by atoms with E-state index in [0.717, 1.165) is 10.2 Å². The van der Waals surface area contributed by atoms with Crippen molar-refractivity contribution in [3.05, 3.63) is 56.7 Å². The molecule has 10 nitrogen and oxygen atoms in total. The zero-order chi connectivity index (χ0) is 20.4. The standard InChI is InChI=1S/C17H20N4O6S/c18-20-15(26)10(7-6-9-4-2-1-3-5-9)19-21(17(20)28)16-14(25)13(24)12(23)11(8-22)27-16/h1-7,11-14,16,22-25H,8,18H2/b7-6+/t11-,12-,13+,14-,16-/m1/s1. The smallest absolute Gasteiger partial charge is 0.298 e. The molecule has 1 aromatic heterocycles. The average molecular weight is 408 g/mol. The summed E-state index contributed by atoms with van der Waals surface area (Å²) in [5.41, 5.74) is 0.0593. The van der Waals surface area contributed by atoms with Crippen LogP contribution in [0.5, 0.6) is 0 Å². The van der Waals surface area contributed by atoms with Crippen LogP contribution in [-0.4, -0.2) is 65.9 Å². The number of aliphatic hydroxyl groups excluding tert-OH is 4. The second-order valence-corrected chi connectivity index (χ2v) is 6.62. The normalized spacial score (nSPS) is 27.9. The van der Waals surface area contributed by atoms with E-state index in [1.165, 1.54) is 6.08 Å². The number of hydrogen-bond donors (Lipinski definition) is 5. The molecule has 6 N–H and O–H groups in total. The Morgan fingerprint density at radius 3 is 2.46 bits per heavy atom. The molecule has 3 rings (SSSR count). The summed E-state index contributed by atoms with van der Waals surface area (Å²) in [7, 11) is 0. The molecule has 0 amide bonds. The minimum absolute atomic E-state index is 0.0862. The fraction of sp³-hybridized carbons (Fsp3) is 0.353. The fourth-order valence-electron chi connectivity index (χ4n) is 2.82. The quantitative estimate of drug-likeness (QED) is 0.304. The predicted octanol–water partition coefficient (Wildman–Crippen LogP) is -1.37. The molecule has 1 fully saturated rings. The summed E-state index contributed by atoms with van der Waals surface area (Å²) >= 11 is 5.11. The fourth-order valence-corrected chi connectivity index (χ4v) is 3.04. The molecular formula is C17H20N4O6S. The summed E-state index contributed by atoms with van der Waals surface area (Å²) in [6, 6.07) is 9.15. The molecule has 5 atom stereocenters. The molecule has 0 radical (unpaired) electrons. The van der Waals surface area contributed by atoms with Gasteiger partial charge in [0.05, 0.1) is 6.61 Å². The lowest BCUT2D eigenvalue weighted by Gasteiger charge is -2.40. The van der Waals surface area contributed by atoms with Crippen LogP contribution in [0.3, 0.4) is 0 Å². The summed E-state index contributed by atoms with van der Waals surface area (Å²) in [6.07, 6.45) is -4.25. The Kier molecular flexibility index (Phi) is 6.03. The summed E-state index contributed by atoms with van der Waals surface area (Å²) in [6.45, 7) is -0.613. The van der Waals surface area contributed by atoms with Crippen LogP contribution in [0.4, 0.5) is 0 Å². The van der Waals surface area contributed by atoms with Crippen molar-refractivity contribution in [3.8, 4) is 0 Å². The topological polar surface area (TPSA) is 156 Å². The molecule has 1 aliphatic rings. The van der Waals surface area contributed by atoms with Crippen molar-refractivity contribution in [2.24, 2.45) is 0 Å². The first-order chi connectivity index (χ1) is 13.3. The lowest BCUT2D eigenvalue weighted by atomic mass is 9.98. The first-order valence-corrected chi connectivity index (χ1v) is 8.80. The summed E-state index contributed by atoms with van der Waals surface area (Å²) in [5, 5.41) is 43.6. The third-order valence-electron chi connectivity index (χ3n) is 4.40. The number of aliphatic hydroxyl groups is 4. The van der Waals surface area contributed by atoms with Crippen molar-refractivity contribution in [2.45, 2.75) is 30.6 Å². The Morgan fingerprint density at radius 2 is 1.82 bits per heavy atom. The molecule has 1 aliphatic heterocycles. The van der Waals surface area contributed by atoms with Gasteiger partial charge in [-0.1, -0.05) is 36.4 Å². The van der Waals surface area contributed by atoms with E-state index in [1.54, 1.807) is 6.08 Å². The van der Waals surface area contributed by atoms with Gasteiger partial charge in [-0.3, -0.25) is 4.79 Å². The van der Waals surface area contributed by atoms with Gasteiger partial charge in [0.15, 0.2) is 11.9 Å². The predicted molar refractivity (Wildman–Crippen MR) is 102 cm³/mol. The summed E-state index contributed by atoms with van der Waals surface area (Å²) in [5.74, 6) is 5.74. The highest BCUT2D eigenvalue weighted by Crippen LogP contribution is 2.27. The van der Waals surface area contributed by atoms with Gasteiger partial charge in [-0.2, -0.15) is 9.77 Å². The molecule has 11 heteroatoms. The van der Waals surface area contributed by atoms with Gasteiger partial charge in [-0.15, -0.1) is 0 Å². The highest BCUT2D eigenvalue weighted by atomic mass is 32.1. The van der Waals surface area contributed by atoms with E-state index in [2.05, 4.69) is 5.10 Å². The largest absolute Gasteiger partial charge is 0.394 e. The second kappa shape index (κ2) is 8.31. The molecule has 0 unspecified atom stereocenters. The van der Waals surface area contributed by atoms with Gasteiger partial charge in [0.1, 0.15) is 24.4 Å². The maximum absolute atomic E-state index is 12.4. The van der Waals surface area contributed by atoms with Crippen molar-refractivity contribution in [2.75, 3.05) is 12.4 Å².